The molecule has 5 heteroatoms. The van der Waals surface area contributed by atoms with Crippen molar-refractivity contribution in [2.24, 2.45) is 0 Å². The van der Waals surface area contributed by atoms with Gasteiger partial charge in [-0.25, -0.2) is 0 Å². The number of nitrogens with zero attached hydrogens (tertiary/aromatic N) is 1. The number of ether oxygens (including phenoxy) is 1. The number of aromatic nitrogens is 1. The Balaban J connectivity index is 2.32. The maximum atomic E-state index is 11.9. The molecule has 0 unspecified atom stereocenters. The van der Waals surface area contributed by atoms with Crippen molar-refractivity contribution in [2.45, 2.75) is 32.4 Å². The molecule has 0 bridgehead atoms. The second kappa shape index (κ2) is 4.75. The molecule has 1 atom stereocenters. The second-order valence-corrected chi connectivity index (χ2v) is 5.11. The second-order valence-electron chi connectivity index (χ2n) is 4.04. The Bertz CT molecular complexity index is 449. The average Bonchev–Trinajstić information content (AvgIpc) is 2.74. The van der Waals surface area contributed by atoms with Crippen LogP contribution < -0.4 is 5.56 Å². The molecule has 0 aliphatic carbocycles. The van der Waals surface area contributed by atoms with Crippen LogP contribution in [0.5, 0.6) is 5.75 Å². The zero-order valence-corrected chi connectivity index (χ0v) is 11.2. The summed E-state index contributed by atoms with van der Waals surface area (Å²) in [4.78, 5) is 11.9. The molecule has 1 aromatic heterocycles. The molecule has 0 aromatic carbocycles. The molecule has 16 heavy (non-hydrogen) atoms. The molecule has 1 aromatic rings. The standard InChI is InChI=1S/C11H14INO3/c1-7-5-9(14)10(12)11(15)13(7)6-8-3-2-4-16-8/h5,8,14H,2-4,6H2,1H3/t8-/m1/s1. The number of aryl methyl sites for hydroxylation is 1. The normalized spacial score (nSPS) is 20.2. The van der Waals surface area contributed by atoms with Crippen LogP contribution >= 0.6 is 22.6 Å². The van der Waals surface area contributed by atoms with Gasteiger partial charge in [-0.2, -0.15) is 0 Å². The first-order chi connectivity index (χ1) is 7.59. The summed E-state index contributed by atoms with van der Waals surface area (Å²) in [6.07, 6.45) is 2.20. The van der Waals surface area contributed by atoms with Crippen molar-refractivity contribution in [1.82, 2.24) is 4.57 Å². The van der Waals surface area contributed by atoms with Gasteiger partial charge in [0, 0.05) is 18.4 Å². The predicted molar refractivity (Wildman–Crippen MR) is 68.8 cm³/mol. The molecule has 1 aliphatic heterocycles. The van der Waals surface area contributed by atoms with Crippen molar-refractivity contribution < 1.29 is 9.84 Å². The fraction of sp³-hybridized carbons (Fsp3) is 0.545. The van der Waals surface area contributed by atoms with Crippen LogP contribution in [0.1, 0.15) is 18.5 Å². The van der Waals surface area contributed by atoms with Crippen LogP contribution in [-0.4, -0.2) is 22.4 Å². The molecular formula is C11H14INO3. The summed E-state index contributed by atoms with van der Waals surface area (Å²) in [6.45, 7) is 3.20. The molecule has 2 rings (SSSR count). The number of pyridine rings is 1. The molecule has 0 spiro atoms. The highest BCUT2D eigenvalue weighted by atomic mass is 127. The van der Waals surface area contributed by atoms with Gasteiger partial charge in [0.1, 0.15) is 9.32 Å². The first-order valence-electron chi connectivity index (χ1n) is 5.30. The summed E-state index contributed by atoms with van der Waals surface area (Å²) in [6, 6.07) is 1.62. The van der Waals surface area contributed by atoms with E-state index < -0.39 is 0 Å². The molecule has 0 saturated carbocycles. The minimum Gasteiger partial charge on any atom is -0.507 e. The predicted octanol–water partition coefficient (Wildman–Crippen LogP) is 1.65. The quantitative estimate of drug-likeness (QED) is 0.836. The number of rotatable bonds is 2. The van der Waals surface area contributed by atoms with E-state index in [9.17, 15) is 9.90 Å². The first kappa shape index (κ1) is 11.9. The topological polar surface area (TPSA) is 51.5 Å². The highest BCUT2D eigenvalue weighted by Gasteiger charge is 2.18. The van der Waals surface area contributed by atoms with E-state index >= 15 is 0 Å². The van der Waals surface area contributed by atoms with Gasteiger partial charge in [0.25, 0.3) is 5.56 Å². The maximum Gasteiger partial charge on any atom is 0.268 e. The summed E-state index contributed by atoms with van der Waals surface area (Å²) in [7, 11) is 0. The average molecular weight is 335 g/mol. The summed E-state index contributed by atoms with van der Waals surface area (Å²) in [5, 5.41) is 9.51. The smallest absolute Gasteiger partial charge is 0.268 e. The lowest BCUT2D eigenvalue weighted by Gasteiger charge is -2.15. The van der Waals surface area contributed by atoms with Gasteiger partial charge < -0.3 is 14.4 Å². The van der Waals surface area contributed by atoms with Gasteiger partial charge in [0.2, 0.25) is 0 Å². The van der Waals surface area contributed by atoms with E-state index in [1.807, 2.05) is 29.5 Å². The van der Waals surface area contributed by atoms with Crippen LogP contribution in [0.4, 0.5) is 0 Å². The third-order valence-corrected chi connectivity index (χ3v) is 3.85. The van der Waals surface area contributed by atoms with E-state index in [2.05, 4.69) is 0 Å². The Labute approximate surface area is 107 Å². The summed E-state index contributed by atoms with van der Waals surface area (Å²) in [5.41, 5.74) is 0.645. The van der Waals surface area contributed by atoms with Crippen LogP contribution in [0.3, 0.4) is 0 Å². The van der Waals surface area contributed by atoms with Gasteiger partial charge in [-0.15, -0.1) is 0 Å². The number of halogens is 1. The zero-order chi connectivity index (χ0) is 11.7. The van der Waals surface area contributed by atoms with Crippen LogP contribution in [0, 0.1) is 10.5 Å². The Morgan fingerprint density at radius 3 is 3.06 bits per heavy atom. The zero-order valence-electron chi connectivity index (χ0n) is 9.07. The highest BCUT2D eigenvalue weighted by Crippen LogP contribution is 2.19. The first-order valence-corrected chi connectivity index (χ1v) is 6.38. The van der Waals surface area contributed by atoms with Gasteiger partial charge in [-0.1, -0.05) is 0 Å². The Kier molecular flexibility index (Phi) is 3.53. The van der Waals surface area contributed by atoms with Gasteiger partial charge >= 0.3 is 0 Å². The van der Waals surface area contributed by atoms with E-state index in [0.717, 1.165) is 25.1 Å². The fourth-order valence-corrected chi connectivity index (χ4v) is 2.39. The minimum absolute atomic E-state index is 0.0618. The monoisotopic (exact) mass is 335 g/mol. The van der Waals surface area contributed by atoms with Crippen molar-refractivity contribution >= 4 is 22.6 Å². The Hall–Kier alpha value is -0.560. The molecule has 0 radical (unpaired) electrons. The van der Waals surface area contributed by atoms with E-state index in [-0.39, 0.29) is 17.4 Å². The summed E-state index contributed by atoms with van der Waals surface area (Å²) < 4.78 is 7.57. The third kappa shape index (κ3) is 2.24. The van der Waals surface area contributed by atoms with E-state index in [1.165, 1.54) is 0 Å². The van der Waals surface area contributed by atoms with Crippen LogP contribution in [0.2, 0.25) is 0 Å². The molecule has 0 amide bonds. The lowest BCUT2D eigenvalue weighted by molar-refractivity contribution is 0.0955. The van der Waals surface area contributed by atoms with Crippen molar-refractivity contribution in [2.75, 3.05) is 6.61 Å². The molecule has 1 N–H and O–H groups in total. The molecular weight excluding hydrogens is 321 g/mol. The van der Waals surface area contributed by atoms with E-state index in [4.69, 9.17) is 4.74 Å². The molecule has 88 valence electrons. The SMILES string of the molecule is Cc1cc(O)c(I)c(=O)n1C[C@H]1CCCO1. The van der Waals surface area contributed by atoms with Crippen LogP contribution in [-0.2, 0) is 11.3 Å². The minimum atomic E-state index is -0.131. The van der Waals surface area contributed by atoms with Crippen molar-refractivity contribution in [3.05, 3.63) is 25.7 Å². The van der Waals surface area contributed by atoms with Crippen molar-refractivity contribution in [3.8, 4) is 5.75 Å². The van der Waals surface area contributed by atoms with Crippen molar-refractivity contribution in [1.29, 1.82) is 0 Å². The van der Waals surface area contributed by atoms with Gasteiger partial charge in [0.15, 0.2) is 0 Å². The highest BCUT2D eigenvalue weighted by molar-refractivity contribution is 14.1. The number of aromatic hydroxyl groups is 1. The largest absolute Gasteiger partial charge is 0.507 e. The molecule has 2 heterocycles. The maximum absolute atomic E-state index is 11.9. The molecule has 1 fully saturated rings. The fourth-order valence-electron chi connectivity index (χ4n) is 1.95. The number of hydrogen-bond donors (Lipinski definition) is 1. The molecule has 1 saturated heterocycles. The van der Waals surface area contributed by atoms with Crippen molar-refractivity contribution in [3.63, 3.8) is 0 Å². The third-order valence-electron chi connectivity index (χ3n) is 2.84. The van der Waals surface area contributed by atoms with Gasteiger partial charge in [-0.05, 0) is 42.4 Å². The summed E-state index contributed by atoms with van der Waals surface area (Å²) in [5.74, 6) is 0.0618. The lowest BCUT2D eigenvalue weighted by Crippen LogP contribution is -2.29. The lowest BCUT2D eigenvalue weighted by atomic mass is 10.2. The van der Waals surface area contributed by atoms with Gasteiger partial charge in [0.05, 0.1) is 12.6 Å². The van der Waals surface area contributed by atoms with E-state index in [1.54, 1.807) is 10.6 Å². The molecule has 4 nitrogen and oxygen atoms in total. The van der Waals surface area contributed by atoms with E-state index in [0.29, 0.717) is 10.1 Å². The van der Waals surface area contributed by atoms with Crippen LogP contribution in [0.15, 0.2) is 10.9 Å². The van der Waals surface area contributed by atoms with Crippen LogP contribution in [0.25, 0.3) is 0 Å². The summed E-state index contributed by atoms with van der Waals surface area (Å²) >= 11 is 1.87. The number of hydrogen-bond acceptors (Lipinski definition) is 3. The Morgan fingerprint density at radius 1 is 1.69 bits per heavy atom. The molecule has 1 aliphatic rings. The van der Waals surface area contributed by atoms with Gasteiger partial charge in [-0.3, -0.25) is 4.79 Å². The Morgan fingerprint density at radius 2 is 2.44 bits per heavy atom.